The van der Waals surface area contributed by atoms with Gasteiger partial charge in [0.15, 0.2) is 0 Å². The summed E-state index contributed by atoms with van der Waals surface area (Å²) in [5, 5.41) is 12.1. The highest BCUT2D eigenvalue weighted by molar-refractivity contribution is 7.11. The minimum absolute atomic E-state index is 0.127. The van der Waals surface area contributed by atoms with E-state index in [1.807, 2.05) is 24.3 Å². The minimum atomic E-state index is -0.369. The van der Waals surface area contributed by atoms with Gasteiger partial charge in [-0.2, -0.15) is 0 Å². The monoisotopic (exact) mass is 307 g/mol. The van der Waals surface area contributed by atoms with Crippen LogP contribution < -0.4 is 0 Å². The van der Waals surface area contributed by atoms with Crippen molar-refractivity contribution in [1.82, 2.24) is 4.98 Å². The van der Waals surface area contributed by atoms with E-state index in [9.17, 15) is 5.11 Å². The SMILES string of the molecule is CC1(C)Cc2nc(Cc3ccccc3Cl)sc2C(O)C1. The molecule has 0 radical (unpaired) electrons. The van der Waals surface area contributed by atoms with Crippen molar-refractivity contribution in [3.05, 3.63) is 50.4 Å². The third-order valence-electron chi connectivity index (χ3n) is 3.77. The Balaban J connectivity index is 1.89. The molecule has 1 atom stereocenters. The fraction of sp³-hybridized carbons (Fsp3) is 0.438. The molecule has 1 N–H and O–H groups in total. The number of benzene rings is 1. The molecule has 0 saturated heterocycles. The molecule has 2 aromatic rings. The van der Waals surface area contributed by atoms with E-state index < -0.39 is 0 Å². The number of nitrogens with zero attached hydrogens (tertiary/aromatic N) is 1. The van der Waals surface area contributed by atoms with E-state index in [1.54, 1.807) is 11.3 Å². The molecule has 0 amide bonds. The topological polar surface area (TPSA) is 33.1 Å². The van der Waals surface area contributed by atoms with Gasteiger partial charge in [0.05, 0.1) is 21.7 Å². The third-order valence-corrected chi connectivity index (χ3v) is 5.33. The molecule has 0 bridgehead atoms. The maximum Gasteiger partial charge on any atom is 0.0976 e. The molecule has 0 fully saturated rings. The van der Waals surface area contributed by atoms with Crippen molar-refractivity contribution in [3.63, 3.8) is 0 Å². The maximum atomic E-state index is 10.3. The van der Waals surface area contributed by atoms with Gasteiger partial charge in [-0.05, 0) is 29.9 Å². The predicted molar refractivity (Wildman–Crippen MR) is 83.4 cm³/mol. The van der Waals surface area contributed by atoms with Crippen molar-refractivity contribution in [3.8, 4) is 0 Å². The van der Waals surface area contributed by atoms with Crippen LogP contribution in [0.15, 0.2) is 24.3 Å². The van der Waals surface area contributed by atoms with Crippen LogP contribution >= 0.6 is 22.9 Å². The van der Waals surface area contributed by atoms with Crippen LogP contribution in [0.25, 0.3) is 0 Å². The lowest BCUT2D eigenvalue weighted by Gasteiger charge is -2.31. The molecule has 3 rings (SSSR count). The summed E-state index contributed by atoms with van der Waals surface area (Å²) in [5.41, 5.74) is 2.29. The summed E-state index contributed by atoms with van der Waals surface area (Å²) in [4.78, 5) is 5.78. The number of halogens is 1. The van der Waals surface area contributed by atoms with E-state index in [4.69, 9.17) is 16.6 Å². The van der Waals surface area contributed by atoms with Gasteiger partial charge in [-0.1, -0.05) is 43.6 Å². The molecule has 0 saturated carbocycles. The minimum Gasteiger partial charge on any atom is -0.387 e. The summed E-state index contributed by atoms with van der Waals surface area (Å²) in [6.07, 6.45) is 2.13. The Morgan fingerprint density at radius 1 is 1.40 bits per heavy atom. The summed E-state index contributed by atoms with van der Waals surface area (Å²) in [5.74, 6) is 0. The van der Waals surface area contributed by atoms with E-state index in [0.29, 0.717) is 0 Å². The van der Waals surface area contributed by atoms with Gasteiger partial charge < -0.3 is 5.11 Å². The van der Waals surface area contributed by atoms with Gasteiger partial charge >= 0.3 is 0 Å². The van der Waals surface area contributed by atoms with Gasteiger partial charge in [0.25, 0.3) is 0 Å². The highest BCUT2D eigenvalue weighted by Gasteiger charge is 2.33. The summed E-state index contributed by atoms with van der Waals surface area (Å²) >= 11 is 7.83. The highest BCUT2D eigenvalue weighted by atomic mass is 35.5. The van der Waals surface area contributed by atoms with Gasteiger partial charge in [-0.25, -0.2) is 4.98 Å². The van der Waals surface area contributed by atoms with Crippen LogP contribution in [0, 0.1) is 5.41 Å². The zero-order chi connectivity index (χ0) is 14.3. The molecule has 1 heterocycles. The second kappa shape index (κ2) is 5.14. The number of hydrogen-bond donors (Lipinski definition) is 1. The van der Waals surface area contributed by atoms with Crippen LogP contribution in [0.1, 0.15) is 47.5 Å². The molecular weight excluding hydrogens is 290 g/mol. The molecule has 2 nitrogen and oxygen atoms in total. The van der Waals surface area contributed by atoms with Crippen LogP contribution in [0.4, 0.5) is 0 Å². The van der Waals surface area contributed by atoms with Crippen molar-refractivity contribution in [2.75, 3.05) is 0 Å². The summed E-state index contributed by atoms with van der Waals surface area (Å²) in [6, 6.07) is 7.86. The first-order chi connectivity index (χ1) is 9.44. The van der Waals surface area contributed by atoms with E-state index in [0.717, 1.165) is 45.4 Å². The van der Waals surface area contributed by atoms with Crippen molar-refractivity contribution < 1.29 is 5.11 Å². The van der Waals surface area contributed by atoms with E-state index in [2.05, 4.69) is 13.8 Å². The number of aliphatic hydroxyl groups is 1. The second-order valence-corrected chi connectivity index (χ2v) is 7.77. The van der Waals surface area contributed by atoms with Crippen molar-refractivity contribution in [2.24, 2.45) is 5.41 Å². The number of hydrogen-bond acceptors (Lipinski definition) is 3. The van der Waals surface area contributed by atoms with Gasteiger partial charge in [-0.3, -0.25) is 0 Å². The third kappa shape index (κ3) is 2.76. The van der Waals surface area contributed by atoms with Gasteiger partial charge in [-0.15, -0.1) is 11.3 Å². The lowest BCUT2D eigenvalue weighted by Crippen LogP contribution is -2.24. The lowest BCUT2D eigenvalue weighted by molar-refractivity contribution is 0.102. The molecule has 1 unspecified atom stereocenters. The van der Waals surface area contributed by atoms with Gasteiger partial charge in [0, 0.05) is 11.4 Å². The van der Waals surface area contributed by atoms with Crippen LogP contribution in [0.2, 0.25) is 5.02 Å². The standard InChI is InChI=1S/C16H18ClNOS/c1-16(2)8-12-15(13(19)9-16)20-14(18-12)7-10-5-3-4-6-11(10)17/h3-6,13,19H,7-9H2,1-2H3. The second-order valence-electron chi connectivity index (χ2n) is 6.25. The molecule has 1 aliphatic rings. The normalized spacial score (nSPS) is 20.7. The Bertz CT molecular complexity index is 635. The zero-order valence-corrected chi connectivity index (χ0v) is 13.3. The molecule has 0 spiro atoms. The first-order valence-electron chi connectivity index (χ1n) is 6.84. The summed E-state index contributed by atoms with van der Waals surface area (Å²) in [6.45, 7) is 4.37. The molecule has 0 aliphatic heterocycles. The average molecular weight is 308 g/mol. The molecule has 1 aromatic carbocycles. The maximum absolute atomic E-state index is 10.3. The van der Waals surface area contributed by atoms with Crippen LogP contribution in [0.3, 0.4) is 0 Å². The van der Waals surface area contributed by atoms with Crippen molar-refractivity contribution >= 4 is 22.9 Å². The number of thiazole rings is 1. The zero-order valence-electron chi connectivity index (χ0n) is 11.7. The Morgan fingerprint density at radius 3 is 2.90 bits per heavy atom. The lowest BCUT2D eigenvalue weighted by atomic mass is 9.77. The van der Waals surface area contributed by atoms with Crippen LogP contribution in [0.5, 0.6) is 0 Å². The van der Waals surface area contributed by atoms with E-state index in [-0.39, 0.29) is 11.5 Å². The quantitative estimate of drug-likeness (QED) is 0.892. The van der Waals surface area contributed by atoms with E-state index >= 15 is 0 Å². The number of aromatic nitrogens is 1. The molecular formula is C16H18ClNOS. The Labute approximate surface area is 128 Å². The van der Waals surface area contributed by atoms with Crippen LogP contribution in [-0.2, 0) is 12.8 Å². The number of fused-ring (bicyclic) bond motifs is 1. The largest absolute Gasteiger partial charge is 0.387 e. The molecule has 1 aromatic heterocycles. The van der Waals surface area contributed by atoms with Gasteiger partial charge in [0.2, 0.25) is 0 Å². The van der Waals surface area contributed by atoms with Crippen molar-refractivity contribution in [1.29, 1.82) is 0 Å². The Morgan fingerprint density at radius 2 is 2.15 bits per heavy atom. The highest BCUT2D eigenvalue weighted by Crippen LogP contribution is 2.43. The fourth-order valence-corrected chi connectivity index (χ4v) is 4.12. The fourth-order valence-electron chi connectivity index (χ4n) is 2.82. The predicted octanol–water partition coefficient (Wildman–Crippen LogP) is 4.39. The molecule has 20 heavy (non-hydrogen) atoms. The first kappa shape index (κ1) is 14.1. The van der Waals surface area contributed by atoms with Crippen molar-refractivity contribution in [2.45, 2.75) is 39.2 Å². The van der Waals surface area contributed by atoms with Gasteiger partial charge in [0.1, 0.15) is 0 Å². The van der Waals surface area contributed by atoms with E-state index in [1.165, 1.54) is 0 Å². The van der Waals surface area contributed by atoms with Crippen LogP contribution in [-0.4, -0.2) is 10.1 Å². The smallest absolute Gasteiger partial charge is 0.0976 e. The summed E-state index contributed by atoms with van der Waals surface area (Å²) < 4.78 is 0. The average Bonchev–Trinajstić information content (AvgIpc) is 2.73. The Hall–Kier alpha value is -0.900. The molecule has 106 valence electrons. The molecule has 1 aliphatic carbocycles. The summed E-state index contributed by atoms with van der Waals surface area (Å²) in [7, 11) is 0. The number of aliphatic hydroxyl groups excluding tert-OH is 1. The first-order valence-corrected chi connectivity index (χ1v) is 8.04. The number of rotatable bonds is 2. The Kier molecular flexibility index (Phi) is 3.61. The molecule has 4 heteroatoms.